The molecule has 1 aromatic heterocycles. The first kappa shape index (κ1) is 14.9. The summed E-state index contributed by atoms with van der Waals surface area (Å²) in [6.45, 7) is 0.275. The van der Waals surface area contributed by atoms with Crippen molar-refractivity contribution < 1.29 is 9.52 Å². The SMILES string of the molecule is NCC(c1ccc(Cl)c(Cl)c1)C(O)c1ccoc1Br. The van der Waals surface area contributed by atoms with Gasteiger partial charge in [0, 0.05) is 18.0 Å². The third kappa shape index (κ3) is 3.15. The van der Waals surface area contributed by atoms with Gasteiger partial charge in [-0.3, -0.25) is 0 Å². The Morgan fingerprint density at radius 3 is 2.53 bits per heavy atom. The average Bonchev–Trinajstić information content (AvgIpc) is 2.80. The molecule has 0 aliphatic heterocycles. The quantitative estimate of drug-likeness (QED) is 0.857. The normalized spacial score (nSPS) is 14.4. The first-order valence-electron chi connectivity index (χ1n) is 5.60. The van der Waals surface area contributed by atoms with Gasteiger partial charge in [-0.15, -0.1) is 0 Å². The standard InChI is InChI=1S/C13H12BrCl2NO2/c14-13-8(3-4-19-13)12(18)9(6-17)7-1-2-10(15)11(16)5-7/h1-5,9,12,18H,6,17H2. The van der Waals surface area contributed by atoms with Gasteiger partial charge in [0.25, 0.3) is 0 Å². The molecule has 0 amide bonds. The van der Waals surface area contributed by atoms with Gasteiger partial charge in [0.15, 0.2) is 4.67 Å². The number of hydrogen-bond acceptors (Lipinski definition) is 3. The van der Waals surface area contributed by atoms with Crippen molar-refractivity contribution in [3.05, 3.63) is 56.4 Å². The highest BCUT2D eigenvalue weighted by Crippen LogP contribution is 2.36. The fourth-order valence-electron chi connectivity index (χ4n) is 1.92. The monoisotopic (exact) mass is 363 g/mol. The zero-order valence-electron chi connectivity index (χ0n) is 9.82. The molecule has 3 nitrogen and oxygen atoms in total. The van der Waals surface area contributed by atoms with Crippen molar-refractivity contribution in [1.82, 2.24) is 0 Å². The molecule has 2 atom stereocenters. The molecule has 0 spiro atoms. The summed E-state index contributed by atoms with van der Waals surface area (Å²) in [5, 5.41) is 11.3. The van der Waals surface area contributed by atoms with Crippen molar-refractivity contribution in [1.29, 1.82) is 0 Å². The van der Waals surface area contributed by atoms with Crippen LogP contribution in [0.4, 0.5) is 0 Å². The molecule has 0 saturated heterocycles. The lowest BCUT2D eigenvalue weighted by Gasteiger charge is -2.21. The smallest absolute Gasteiger partial charge is 0.174 e. The van der Waals surface area contributed by atoms with Gasteiger partial charge in [-0.1, -0.05) is 29.3 Å². The van der Waals surface area contributed by atoms with Crippen LogP contribution in [-0.4, -0.2) is 11.7 Å². The topological polar surface area (TPSA) is 59.4 Å². The molecule has 19 heavy (non-hydrogen) atoms. The molecular weight excluding hydrogens is 353 g/mol. The minimum atomic E-state index is -0.782. The molecule has 0 aliphatic rings. The van der Waals surface area contributed by atoms with Crippen molar-refractivity contribution in [2.45, 2.75) is 12.0 Å². The second-order valence-corrected chi connectivity index (χ2v) is 5.64. The third-order valence-corrected chi connectivity index (χ3v) is 4.36. The first-order chi connectivity index (χ1) is 9.04. The Morgan fingerprint density at radius 1 is 1.26 bits per heavy atom. The average molecular weight is 365 g/mol. The van der Waals surface area contributed by atoms with Crippen LogP contribution in [-0.2, 0) is 0 Å². The van der Waals surface area contributed by atoms with E-state index in [4.69, 9.17) is 33.4 Å². The van der Waals surface area contributed by atoms with Crippen molar-refractivity contribution in [3.63, 3.8) is 0 Å². The van der Waals surface area contributed by atoms with Crippen LogP contribution in [0, 0.1) is 0 Å². The maximum atomic E-state index is 10.4. The summed E-state index contributed by atoms with van der Waals surface area (Å²) < 4.78 is 5.63. The Hall–Kier alpha value is -0.520. The van der Waals surface area contributed by atoms with Crippen molar-refractivity contribution in [3.8, 4) is 0 Å². The second-order valence-electron chi connectivity index (χ2n) is 4.11. The van der Waals surface area contributed by atoms with Gasteiger partial charge in [-0.2, -0.15) is 0 Å². The van der Waals surface area contributed by atoms with E-state index in [2.05, 4.69) is 15.9 Å². The van der Waals surface area contributed by atoms with E-state index >= 15 is 0 Å². The molecule has 0 radical (unpaired) electrons. The number of rotatable bonds is 4. The highest BCUT2D eigenvalue weighted by atomic mass is 79.9. The maximum absolute atomic E-state index is 10.4. The van der Waals surface area contributed by atoms with Gasteiger partial charge in [-0.05, 0) is 39.7 Å². The van der Waals surface area contributed by atoms with E-state index in [1.54, 1.807) is 18.2 Å². The van der Waals surface area contributed by atoms with Crippen LogP contribution in [0.25, 0.3) is 0 Å². The van der Waals surface area contributed by atoms with Gasteiger partial charge >= 0.3 is 0 Å². The van der Waals surface area contributed by atoms with E-state index < -0.39 is 6.10 Å². The lowest BCUT2D eigenvalue weighted by atomic mass is 9.90. The molecule has 0 fully saturated rings. The van der Waals surface area contributed by atoms with E-state index in [9.17, 15) is 5.11 Å². The number of aliphatic hydroxyl groups excluding tert-OH is 1. The number of aliphatic hydroxyl groups is 1. The Kier molecular flexibility index (Phi) is 4.92. The molecule has 6 heteroatoms. The van der Waals surface area contributed by atoms with Crippen LogP contribution in [0.3, 0.4) is 0 Å². The number of halogens is 3. The minimum Gasteiger partial charge on any atom is -0.457 e. The second kappa shape index (κ2) is 6.29. The molecule has 1 heterocycles. The van der Waals surface area contributed by atoms with Crippen LogP contribution in [0.2, 0.25) is 10.0 Å². The molecule has 2 unspecified atom stereocenters. The van der Waals surface area contributed by atoms with Gasteiger partial charge in [-0.25, -0.2) is 0 Å². The van der Waals surface area contributed by atoms with Gasteiger partial charge < -0.3 is 15.3 Å². The van der Waals surface area contributed by atoms with Crippen molar-refractivity contribution in [2.75, 3.05) is 6.54 Å². The van der Waals surface area contributed by atoms with Gasteiger partial charge in [0.2, 0.25) is 0 Å². The summed E-state index contributed by atoms with van der Waals surface area (Å²) in [4.78, 5) is 0. The predicted octanol–water partition coefficient (Wildman–Crippen LogP) is 4.12. The maximum Gasteiger partial charge on any atom is 0.174 e. The molecule has 2 aromatic rings. The first-order valence-corrected chi connectivity index (χ1v) is 7.15. The highest BCUT2D eigenvalue weighted by Gasteiger charge is 2.25. The van der Waals surface area contributed by atoms with Crippen LogP contribution in [0.1, 0.15) is 23.1 Å². The fourth-order valence-corrected chi connectivity index (χ4v) is 2.70. The van der Waals surface area contributed by atoms with E-state index in [0.29, 0.717) is 20.3 Å². The number of nitrogens with two attached hydrogens (primary N) is 1. The molecule has 0 saturated carbocycles. The number of hydrogen-bond donors (Lipinski definition) is 2. The molecule has 1 aromatic carbocycles. The molecular formula is C13H12BrCl2NO2. The summed E-state index contributed by atoms with van der Waals surface area (Å²) >= 11 is 15.1. The lowest BCUT2D eigenvalue weighted by molar-refractivity contribution is 0.145. The van der Waals surface area contributed by atoms with Crippen LogP contribution in [0.15, 0.2) is 39.6 Å². The van der Waals surface area contributed by atoms with Crippen molar-refractivity contribution >= 4 is 39.1 Å². The van der Waals surface area contributed by atoms with Crippen molar-refractivity contribution in [2.24, 2.45) is 5.73 Å². The summed E-state index contributed by atoms with van der Waals surface area (Å²) in [5.41, 5.74) is 7.25. The van der Waals surface area contributed by atoms with E-state index in [1.807, 2.05) is 6.07 Å². The zero-order valence-corrected chi connectivity index (χ0v) is 12.9. The Morgan fingerprint density at radius 2 is 2.00 bits per heavy atom. The van der Waals surface area contributed by atoms with E-state index in [1.165, 1.54) is 6.26 Å². The number of furan rings is 1. The Balaban J connectivity index is 2.34. The summed E-state index contributed by atoms with van der Waals surface area (Å²) in [5.74, 6) is -0.288. The predicted molar refractivity (Wildman–Crippen MR) is 79.6 cm³/mol. The van der Waals surface area contributed by atoms with Crippen LogP contribution < -0.4 is 5.73 Å². The highest BCUT2D eigenvalue weighted by molar-refractivity contribution is 9.10. The lowest BCUT2D eigenvalue weighted by Crippen LogP contribution is -2.20. The summed E-state index contributed by atoms with van der Waals surface area (Å²) in [6, 6.07) is 6.93. The molecule has 2 rings (SSSR count). The Bertz CT molecular complexity index is 574. The molecule has 102 valence electrons. The third-order valence-electron chi connectivity index (χ3n) is 2.97. The number of benzene rings is 1. The summed E-state index contributed by atoms with van der Waals surface area (Å²) in [7, 11) is 0. The Labute approximate surface area is 129 Å². The van der Waals surface area contributed by atoms with E-state index in [0.717, 1.165) is 5.56 Å². The zero-order chi connectivity index (χ0) is 14.0. The molecule has 0 aliphatic carbocycles. The fraction of sp³-hybridized carbons (Fsp3) is 0.231. The largest absolute Gasteiger partial charge is 0.457 e. The molecule has 3 N–H and O–H groups in total. The van der Waals surface area contributed by atoms with Gasteiger partial charge in [0.05, 0.1) is 22.4 Å². The minimum absolute atomic E-state index is 0.275. The van der Waals surface area contributed by atoms with Crippen LogP contribution >= 0.6 is 39.1 Å². The summed E-state index contributed by atoms with van der Waals surface area (Å²) in [6.07, 6.45) is 0.723. The van der Waals surface area contributed by atoms with Gasteiger partial charge in [0.1, 0.15) is 0 Å². The van der Waals surface area contributed by atoms with E-state index in [-0.39, 0.29) is 12.5 Å². The molecule has 0 bridgehead atoms. The van der Waals surface area contributed by atoms with Crippen LogP contribution in [0.5, 0.6) is 0 Å².